The maximum absolute atomic E-state index is 12.0. The van der Waals surface area contributed by atoms with Gasteiger partial charge in [0.2, 0.25) is 5.96 Å². The van der Waals surface area contributed by atoms with Gasteiger partial charge in [0.25, 0.3) is 0 Å². The average molecular weight is 601 g/mol. The molecule has 0 saturated heterocycles. The second-order valence-electron chi connectivity index (χ2n) is 8.05. The number of nitrogens with zero attached hydrogens (tertiary/aromatic N) is 2. The molecule has 0 spiro atoms. The zero-order valence-electron chi connectivity index (χ0n) is 20.8. The van der Waals surface area contributed by atoms with Gasteiger partial charge in [-0.3, -0.25) is 5.32 Å². The Kier molecular flexibility index (Phi) is 12.6. The normalized spacial score (nSPS) is 14.1. The number of halogens is 6. The molecule has 0 bridgehead atoms. The highest BCUT2D eigenvalue weighted by Gasteiger charge is 2.38. The molecular formula is C22H26F6N6O5S. The number of anilines is 1. The van der Waals surface area contributed by atoms with Gasteiger partial charge >= 0.3 is 30.3 Å². The van der Waals surface area contributed by atoms with Crippen molar-refractivity contribution in [2.45, 2.75) is 57.4 Å². The van der Waals surface area contributed by atoms with E-state index >= 15 is 0 Å². The third kappa shape index (κ3) is 12.6. The fourth-order valence-corrected chi connectivity index (χ4v) is 3.96. The number of aliphatic carboxylic acids is 2. The number of hydrogen-bond donors (Lipinski definition) is 6. The Morgan fingerprint density at radius 2 is 1.45 bits per heavy atom. The molecule has 0 atom stereocenters. The smallest absolute Gasteiger partial charge is 0.475 e. The topological polar surface area (TPSA) is 193 Å². The highest BCUT2D eigenvalue weighted by Crippen LogP contribution is 2.32. The van der Waals surface area contributed by atoms with E-state index in [0.717, 1.165) is 41.8 Å². The van der Waals surface area contributed by atoms with Crippen molar-refractivity contribution >= 4 is 46.1 Å². The summed E-state index contributed by atoms with van der Waals surface area (Å²) in [6.45, 7) is 1.93. The first kappa shape index (κ1) is 33.9. The number of nitrogens with two attached hydrogens (primary N) is 2. The summed E-state index contributed by atoms with van der Waals surface area (Å²) in [6.07, 6.45) is -4.56. The number of alkyl halides is 6. The van der Waals surface area contributed by atoms with E-state index in [1.807, 2.05) is 31.2 Å². The summed E-state index contributed by atoms with van der Waals surface area (Å²) < 4.78 is 63.5. The predicted molar refractivity (Wildman–Crippen MR) is 134 cm³/mol. The van der Waals surface area contributed by atoms with Crippen LogP contribution in [0.25, 0.3) is 10.4 Å². The van der Waals surface area contributed by atoms with Crippen LogP contribution in [0.3, 0.4) is 0 Å². The maximum Gasteiger partial charge on any atom is 0.490 e. The van der Waals surface area contributed by atoms with E-state index in [2.05, 4.69) is 20.6 Å². The summed E-state index contributed by atoms with van der Waals surface area (Å²) in [5, 5.41) is 20.3. The Bertz CT molecular complexity index is 1150. The molecule has 40 heavy (non-hydrogen) atoms. The fourth-order valence-electron chi connectivity index (χ4n) is 3.12. The lowest BCUT2D eigenvalue weighted by Gasteiger charge is -2.22. The van der Waals surface area contributed by atoms with Crippen LogP contribution in [-0.2, 0) is 9.59 Å². The van der Waals surface area contributed by atoms with Crippen molar-refractivity contribution in [3.63, 3.8) is 0 Å². The first-order chi connectivity index (χ1) is 18.4. The highest BCUT2D eigenvalue weighted by atomic mass is 32.1. The number of guanidine groups is 1. The van der Waals surface area contributed by atoms with Gasteiger partial charge in [-0.1, -0.05) is 42.7 Å². The second-order valence-corrected chi connectivity index (χ2v) is 9.08. The number of carboxylic acids is 2. The SMILES string of the molecule is Cc1nc(N)sc1-c1ccc(N=C(N)NC(=O)NC2CCCCC2)cc1.O=C(O)C(F)(F)F.O=C(O)C(F)(F)F. The standard InChI is InChI=1S/C18H24N6OS.2C2HF3O2/c1-11-15(26-17(20)21-11)12-7-9-14(10-8-12)22-16(19)24-18(25)23-13-5-3-2-4-6-13;2*3-2(4,5)1(6)7/h7-10,13H,2-6H2,1H3,(H2,20,21)(H4,19,22,23,24,25);2*(H,6,7). The number of thiazole rings is 1. The first-order valence-corrected chi connectivity index (χ1v) is 12.1. The number of hydrogen-bond acceptors (Lipinski definition) is 7. The largest absolute Gasteiger partial charge is 0.490 e. The highest BCUT2D eigenvalue weighted by molar-refractivity contribution is 7.18. The van der Waals surface area contributed by atoms with Gasteiger partial charge in [0, 0.05) is 6.04 Å². The first-order valence-electron chi connectivity index (χ1n) is 11.3. The van der Waals surface area contributed by atoms with Crippen LogP contribution >= 0.6 is 11.3 Å². The lowest BCUT2D eigenvalue weighted by molar-refractivity contribution is -0.193. The Labute approximate surface area is 227 Å². The van der Waals surface area contributed by atoms with E-state index in [4.69, 9.17) is 31.3 Å². The summed E-state index contributed by atoms with van der Waals surface area (Å²) in [6, 6.07) is 7.50. The van der Waals surface area contributed by atoms with E-state index in [0.29, 0.717) is 10.8 Å². The van der Waals surface area contributed by atoms with E-state index in [1.54, 1.807) is 0 Å². The van der Waals surface area contributed by atoms with Crippen molar-refractivity contribution in [1.82, 2.24) is 15.6 Å². The van der Waals surface area contributed by atoms with E-state index in [-0.39, 0.29) is 18.0 Å². The van der Waals surface area contributed by atoms with Crippen LogP contribution < -0.4 is 22.1 Å². The quantitative estimate of drug-likeness (QED) is 0.168. The third-order valence-electron chi connectivity index (χ3n) is 4.86. The molecule has 2 amide bonds. The van der Waals surface area contributed by atoms with Crippen molar-refractivity contribution in [3.8, 4) is 10.4 Å². The van der Waals surface area contributed by atoms with E-state index in [1.165, 1.54) is 17.8 Å². The zero-order chi connectivity index (χ0) is 30.7. The number of urea groups is 1. The van der Waals surface area contributed by atoms with Gasteiger partial charge in [-0.25, -0.2) is 24.4 Å². The van der Waals surface area contributed by atoms with Crippen LogP contribution in [0.4, 0.5) is 42.0 Å². The molecule has 222 valence electrons. The number of carbonyl (C=O) groups excluding carboxylic acids is 1. The van der Waals surface area contributed by atoms with Crippen LogP contribution in [0, 0.1) is 6.92 Å². The summed E-state index contributed by atoms with van der Waals surface area (Å²) in [4.78, 5) is 39.3. The summed E-state index contributed by atoms with van der Waals surface area (Å²) >= 11 is 1.45. The van der Waals surface area contributed by atoms with Gasteiger partial charge in [0.1, 0.15) is 0 Å². The number of carbonyl (C=O) groups is 3. The number of nitrogens with one attached hydrogen (secondary N) is 2. The molecule has 1 fully saturated rings. The number of nitrogen functional groups attached to an aromatic ring is 1. The monoisotopic (exact) mass is 600 g/mol. The molecule has 11 nitrogen and oxygen atoms in total. The Balaban J connectivity index is 0.000000473. The minimum atomic E-state index is -5.08. The molecule has 8 N–H and O–H groups in total. The molecule has 1 aromatic carbocycles. The van der Waals surface area contributed by atoms with Crippen LogP contribution in [0.1, 0.15) is 37.8 Å². The van der Waals surface area contributed by atoms with Gasteiger partial charge in [0.15, 0.2) is 5.13 Å². The maximum atomic E-state index is 12.0. The average Bonchev–Trinajstić information content (AvgIpc) is 3.17. The van der Waals surface area contributed by atoms with E-state index in [9.17, 15) is 31.1 Å². The second kappa shape index (κ2) is 14.9. The van der Waals surface area contributed by atoms with Crippen molar-refractivity contribution in [2.75, 3.05) is 5.73 Å². The Morgan fingerprint density at radius 1 is 0.975 bits per heavy atom. The third-order valence-corrected chi connectivity index (χ3v) is 5.89. The van der Waals surface area contributed by atoms with Gasteiger partial charge in [0.05, 0.1) is 16.3 Å². The molecular weight excluding hydrogens is 574 g/mol. The molecule has 2 aromatic rings. The summed E-state index contributed by atoms with van der Waals surface area (Å²) in [5.74, 6) is -5.44. The van der Waals surface area contributed by atoms with Gasteiger partial charge in [-0.2, -0.15) is 26.3 Å². The number of aromatic nitrogens is 1. The van der Waals surface area contributed by atoms with Gasteiger partial charge < -0.3 is 27.0 Å². The van der Waals surface area contributed by atoms with Crippen molar-refractivity contribution in [1.29, 1.82) is 0 Å². The minimum absolute atomic E-state index is 0.0734. The fraction of sp³-hybridized carbons (Fsp3) is 0.409. The van der Waals surface area contributed by atoms with Crippen molar-refractivity contribution < 1.29 is 50.9 Å². The van der Waals surface area contributed by atoms with Gasteiger partial charge in [-0.15, -0.1) is 0 Å². The van der Waals surface area contributed by atoms with E-state index < -0.39 is 24.3 Å². The molecule has 3 rings (SSSR count). The molecule has 1 heterocycles. The molecule has 0 radical (unpaired) electrons. The number of carboxylic acid groups (broad SMARTS) is 2. The van der Waals surface area contributed by atoms with Crippen molar-refractivity contribution in [2.24, 2.45) is 10.7 Å². The lowest BCUT2D eigenvalue weighted by atomic mass is 9.96. The minimum Gasteiger partial charge on any atom is -0.475 e. The molecule has 0 unspecified atom stereocenters. The molecule has 1 saturated carbocycles. The number of amides is 2. The van der Waals surface area contributed by atoms with Crippen LogP contribution in [0.5, 0.6) is 0 Å². The molecule has 1 aliphatic rings. The molecule has 1 aromatic heterocycles. The van der Waals surface area contributed by atoms with Crippen LogP contribution in [0.2, 0.25) is 0 Å². The van der Waals surface area contributed by atoms with Crippen molar-refractivity contribution in [3.05, 3.63) is 30.0 Å². The van der Waals surface area contributed by atoms with Gasteiger partial charge in [-0.05, 0) is 37.5 Å². The molecule has 1 aliphatic carbocycles. The number of aryl methyl sites for hydroxylation is 1. The lowest BCUT2D eigenvalue weighted by Crippen LogP contribution is -2.47. The number of aliphatic imine (C=N–C) groups is 1. The van der Waals surface area contributed by atoms with Crippen LogP contribution in [-0.4, -0.2) is 57.5 Å². The molecule has 0 aliphatic heterocycles. The molecule has 18 heteroatoms. The Hall–Kier alpha value is -4.09. The summed E-state index contributed by atoms with van der Waals surface area (Å²) in [7, 11) is 0. The summed E-state index contributed by atoms with van der Waals surface area (Å²) in [5.41, 5.74) is 14.2. The number of rotatable bonds is 3. The predicted octanol–water partition coefficient (Wildman–Crippen LogP) is 4.55. The number of benzene rings is 1. The zero-order valence-corrected chi connectivity index (χ0v) is 21.6. The van der Waals surface area contributed by atoms with Crippen LogP contribution in [0.15, 0.2) is 29.3 Å². The Morgan fingerprint density at radius 3 is 1.85 bits per heavy atom.